The van der Waals surface area contributed by atoms with Gasteiger partial charge in [0.1, 0.15) is 0 Å². The molecule has 5 amide bonds. The van der Waals surface area contributed by atoms with Crippen LogP contribution in [0.1, 0.15) is 123 Å². The number of carboxylic acid groups (broad SMARTS) is 1. The Labute approximate surface area is 426 Å². The maximum absolute atomic E-state index is 13.7. The van der Waals surface area contributed by atoms with Crippen molar-refractivity contribution in [2.45, 2.75) is 107 Å². The first-order chi connectivity index (χ1) is 33.3. The summed E-state index contributed by atoms with van der Waals surface area (Å²) in [5.41, 5.74) is 8.89. The number of amides is 5. The summed E-state index contributed by atoms with van der Waals surface area (Å²) in [5.74, 6) is -2.09. The first kappa shape index (κ1) is 55.3. The number of carboxylic acids is 1. The second kappa shape index (κ2) is 24.5. The fraction of sp³-hybridized carbons (Fsp3) is 0.333. The van der Waals surface area contributed by atoms with Crippen molar-refractivity contribution in [3.05, 3.63) is 172 Å². The van der Waals surface area contributed by atoms with Gasteiger partial charge in [-0.2, -0.15) is 0 Å². The Morgan fingerprint density at radius 1 is 0.722 bits per heavy atom. The van der Waals surface area contributed by atoms with E-state index in [4.69, 9.17) is 0 Å². The van der Waals surface area contributed by atoms with E-state index in [2.05, 4.69) is 20.9 Å². The number of anilines is 3. The van der Waals surface area contributed by atoms with Gasteiger partial charge in [-0.1, -0.05) is 144 Å². The Morgan fingerprint density at radius 2 is 1.38 bits per heavy atom. The summed E-state index contributed by atoms with van der Waals surface area (Å²) >= 11 is 0. The van der Waals surface area contributed by atoms with Crippen LogP contribution < -0.4 is 20.9 Å². The van der Waals surface area contributed by atoms with Gasteiger partial charge in [-0.15, -0.1) is 0 Å². The average Bonchev–Trinajstić information content (AvgIpc) is 3.76. The van der Waals surface area contributed by atoms with E-state index in [0.717, 1.165) is 75.8 Å². The lowest BCUT2D eigenvalue weighted by molar-refractivity contribution is -0.137. The van der Waals surface area contributed by atoms with Crippen molar-refractivity contribution in [3.8, 4) is 0 Å². The normalized spacial score (nSPS) is 15.9. The molecule has 12 nitrogen and oxygen atoms in total. The zero-order valence-electron chi connectivity index (χ0n) is 39.8. The molecule has 1 saturated carbocycles. The fourth-order valence-corrected chi connectivity index (χ4v) is 10.3. The van der Waals surface area contributed by atoms with Crippen LogP contribution in [0.5, 0.6) is 0 Å². The van der Waals surface area contributed by atoms with Crippen LogP contribution in [-0.4, -0.2) is 71.7 Å². The van der Waals surface area contributed by atoms with Gasteiger partial charge in [0.05, 0.1) is 29.1 Å². The first-order valence-electron chi connectivity index (χ1n) is 23.8. The molecule has 2 atom stereocenters. The van der Waals surface area contributed by atoms with E-state index in [-0.39, 0.29) is 52.8 Å². The molecule has 6 aromatic carbocycles. The van der Waals surface area contributed by atoms with Gasteiger partial charge in [0.2, 0.25) is 12.1 Å². The van der Waals surface area contributed by atoms with Gasteiger partial charge in [-0.05, 0) is 109 Å². The van der Waals surface area contributed by atoms with Crippen molar-refractivity contribution < 1.29 is 29.1 Å². The van der Waals surface area contributed by atoms with Crippen molar-refractivity contribution in [1.82, 2.24) is 10.2 Å². The van der Waals surface area contributed by atoms with Crippen LogP contribution in [0.2, 0.25) is 0 Å². The third kappa shape index (κ3) is 12.8. The SMILES string of the molecule is C.C.C.Cc1cc(C)c(NC(=O)C[C@H](CC(=O)O)c2cccc3ccccc23)c(C(=O)N2CCC3(CCCC3)CC2)c1.Cc1cccc(NC(=O)N[C@@H]2N=C(c3ccccc3)c3ccccc3N(C)C2=O)c1. The molecule has 0 aromatic heterocycles. The molecule has 2 fully saturated rings. The highest BCUT2D eigenvalue weighted by atomic mass is 16.4. The van der Waals surface area contributed by atoms with Gasteiger partial charge in [-0.3, -0.25) is 19.2 Å². The van der Waals surface area contributed by atoms with E-state index in [9.17, 15) is 29.1 Å². The minimum Gasteiger partial charge on any atom is -0.481 e. The topological polar surface area (TPSA) is 161 Å². The Bertz CT molecular complexity index is 2910. The van der Waals surface area contributed by atoms with E-state index in [1.165, 1.54) is 30.6 Å². The number of nitrogens with zero attached hydrogens (tertiary/aromatic N) is 3. The molecule has 72 heavy (non-hydrogen) atoms. The number of benzodiazepines with no additional fused rings is 1. The number of rotatable bonds is 10. The Kier molecular flexibility index (Phi) is 18.8. The quantitative estimate of drug-likeness (QED) is 0.107. The molecule has 4 N–H and O–H groups in total. The smallest absolute Gasteiger partial charge is 0.321 e. The van der Waals surface area contributed by atoms with Crippen LogP contribution in [0.25, 0.3) is 10.8 Å². The predicted molar refractivity (Wildman–Crippen MR) is 293 cm³/mol. The van der Waals surface area contributed by atoms with Crippen LogP contribution >= 0.6 is 0 Å². The molecule has 0 unspecified atom stereocenters. The third-order valence-electron chi connectivity index (χ3n) is 13.8. The summed E-state index contributed by atoms with van der Waals surface area (Å²) in [6, 6.07) is 41.6. The predicted octanol–water partition coefficient (Wildman–Crippen LogP) is 12.7. The number of hydrogen-bond acceptors (Lipinski definition) is 6. The highest BCUT2D eigenvalue weighted by Crippen LogP contribution is 2.46. The number of urea groups is 1. The first-order valence-corrected chi connectivity index (χ1v) is 23.8. The highest BCUT2D eigenvalue weighted by molar-refractivity contribution is 6.20. The minimum absolute atomic E-state index is 0. The molecular formula is C60H72N6O6. The standard InChI is InChI=1S/C33H38N2O4.C24H22N4O2.3CH4/c1-22-18-23(2)31(28(19-22)32(39)35-16-14-33(15-17-35)12-5-6-13-33)34-29(36)20-25(21-30(37)38)27-11-7-9-24-8-3-4-10-26(24)27;1-16-9-8-12-18(15-16)25-24(30)27-22-23(29)28(2)20-14-7-6-13-19(20)21(26-22)17-10-4-3-5-11-17;;;/h3-4,7-11,18-19,25H,5-6,12-17,20-21H2,1-2H3,(H,34,36)(H,37,38);3-15,22H,1-2H3,(H2,25,27,30);3*1H4/t25-;22-;;;/m10.../s1. The molecule has 378 valence electrons. The molecule has 6 aromatic rings. The van der Waals surface area contributed by atoms with Crippen LogP contribution in [0, 0.1) is 26.2 Å². The van der Waals surface area contributed by atoms with Crippen molar-refractivity contribution in [3.63, 3.8) is 0 Å². The van der Waals surface area contributed by atoms with Crippen LogP contribution in [0.4, 0.5) is 21.9 Å². The van der Waals surface area contributed by atoms with Gasteiger partial charge in [0, 0.05) is 49.3 Å². The largest absolute Gasteiger partial charge is 0.481 e. The molecule has 1 saturated heterocycles. The zero-order valence-corrected chi connectivity index (χ0v) is 39.8. The molecule has 2 heterocycles. The second-order valence-corrected chi connectivity index (χ2v) is 18.7. The molecule has 2 aliphatic heterocycles. The number of likely N-dealkylation sites (N-methyl/N-ethyl adjacent to an activating group) is 1. The molecule has 0 radical (unpaired) electrons. The number of para-hydroxylation sites is 1. The summed E-state index contributed by atoms with van der Waals surface area (Å²) in [6.45, 7) is 7.31. The number of aliphatic carboxylic acids is 1. The number of carbonyl (C=O) groups is 5. The van der Waals surface area contributed by atoms with Crippen molar-refractivity contribution in [1.29, 1.82) is 0 Å². The number of likely N-dealkylation sites (tertiary alicyclic amines) is 1. The Balaban J connectivity index is 0.000000265. The number of aliphatic imine (C=N–C) groups is 1. The number of benzene rings is 6. The molecule has 1 spiro atoms. The van der Waals surface area contributed by atoms with E-state index in [1.807, 2.05) is 153 Å². The summed E-state index contributed by atoms with van der Waals surface area (Å²) < 4.78 is 0. The third-order valence-corrected chi connectivity index (χ3v) is 13.8. The molecule has 9 rings (SSSR count). The molecule has 3 aliphatic rings. The minimum atomic E-state index is -1.05. The maximum Gasteiger partial charge on any atom is 0.321 e. The van der Waals surface area contributed by atoms with Gasteiger partial charge >= 0.3 is 12.0 Å². The van der Waals surface area contributed by atoms with Gasteiger partial charge < -0.3 is 30.9 Å². The van der Waals surface area contributed by atoms with Crippen LogP contribution in [0.3, 0.4) is 0 Å². The lowest BCUT2D eigenvalue weighted by Crippen LogP contribution is -2.47. The van der Waals surface area contributed by atoms with E-state index >= 15 is 0 Å². The van der Waals surface area contributed by atoms with E-state index in [0.29, 0.717) is 28.1 Å². The Morgan fingerprint density at radius 3 is 2.08 bits per heavy atom. The van der Waals surface area contributed by atoms with Crippen LogP contribution in [-0.2, 0) is 14.4 Å². The number of piperidine rings is 1. The van der Waals surface area contributed by atoms with E-state index in [1.54, 1.807) is 13.1 Å². The molecule has 0 bridgehead atoms. The summed E-state index contributed by atoms with van der Waals surface area (Å²) in [7, 11) is 1.69. The fourth-order valence-electron chi connectivity index (χ4n) is 10.3. The summed E-state index contributed by atoms with van der Waals surface area (Å²) in [5, 5.41) is 20.1. The number of nitrogens with one attached hydrogen (secondary N) is 3. The van der Waals surface area contributed by atoms with Gasteiger partial charge in [-0.25, -0.2) is 9.79 Å². The second-order valence-electron chi connectivity index (χ2n) is 18.7. The number of hydrogen-bond donors (Lipinski definition) is 4. The number of carbonyl (C=O) groups excluding carboxylic acids is 4. The Hall–Kier alpha value is -7.60. The van der Waals surface area contributed by atoms with Gasteiger partial charge in [0.15, 0.2) is 0 Å². The van der Waals surface area contributed by atoms with Crippen molar-refractivity contribution in [2.75, 3.05) is 35.7 Å². The highest BCUT2D eigenvalue weighted by Gasteiger charge is 2.39. The lowest BCUT2D eigenvalue weighted by Gasteiger charge is -2.39. The van der Waals surface area contributed by atoms with Gasteiger partial charge in [0.25, 0.3) is 11.8 Å². The number of aryl methyl sites for hydroxylation is 3. The van der Waals surface area contributed by atoms with Crippen molar-refractivity contribution in [2.24, 2.45) is 10.4 Å². The number of fused-ring (bicyclic) bond motifs is 2. The van der Waals surface area contributed by atoms with Crippen LogP contribution in [0.15, 0.2) is 138 Å². The average molecular weight is 973 g/mol. The molecule has 1 aliphatic carbocycles. The summed E-state index contributed by atoms with van der Waals surface area (Å²) in [6.07, 6.45) is 6.03. The summed E-state index contributed by atoms with van der Waals surface area (Å²) in [4.78, 5) is 72.8. The lowest BCUT2D eigenvalue weighted by atomic mass is 9.77. The zero-order chi connectivity index (χ0) is 48.7. The van der Waals surface area contributed by atoms with Crippen molar-refractivity contribution >= 4 is 63.3 Å². The maximum atomic E-state index is 13.7. The van der Waals surface area contributed by atoms with E-state index < -0.39 is 24.1 Å². The molecule has 12 heteroatoms. The molecular weight excluding hydrogens is 901 g/mol. The monoisotopic (exact) mass is 973 g/mol.